The van der Waals surface area contributed by atoms with Crippen molar-refractivity contribution in [1.29, 1.82) is 0 Å². The predicted octanol–water partition coefficient (Wildman–Crippen LogP) is 3.93. The van der Waals surface area contributed by atoms with Crippen LogP contribution in [0, 0.1) is 13.8 Å². The zero-order valence-corrected chi connectivity index (χ0v) is 17.1. The summed E-state index contributed by atoms with van der Waals surface area (Å²) in [5.74, 6) is -0.817. The molecule has 0 bridgehead atoms. The maximum absolute atomic E-state index is 12.7. The Hall–Kier alpha value is -3.21. The quantitative estimate of drug-likeness (QED) is 0.621. The summed E-state index contributed by atoms with van der Waals surface area (Å²) in [5, 5.41) is 3.72. The van der Waals surface area contributed by atoms with Gasteiger partial charge < -0.3 is 10.1 Å². The number of fused-ring (bicyclic) bond motifs is 1. The van der Waals surface area contributed by atoms with Gasteiger partial charge in [0.2, 0.25) is 0 Å². The van der Waals surface area contributed by atoms with Crippen LogP contribution in [0.15, 0.2) is 48.5 Å². The summed E-state index contributed by atoms with van der Waals surface area (Å²) in [6.07, 6.45) is 1.35. The Bertz CT molecular complexity index is 1040. The van der Waals surface area contributed by atoms with Crippen LogP contribution in [-0.4, -0.2) is 30.0 Å². The van der Waals surface area contributed by atoms with E-state index in [1.807, 2.05) is 69.3 Å². The van der Waals surface area contributed by atoms with Gasteiger partial charge in [0, 0.05) is 11.9 Å². The Kier molecular flexibility index (Phi) is 6.60. The van der Waals surface area contributed by atoms with Crippen molar-refractivity contribution in [2.45, 2.75) is 33.6 Å². The molecule has 3 rings (SSSR count). The van der Waals surface area contributed by atoms with Crippen molar-refractivity contribution in [2.75, 3.05) is 13.2 Å². The van der Waals surface area contributed by atoms with Gasteiger partial charge in [-0.05, 0) is 49.4 Å². The molecule has 0 saturated heterocycles. The summed E-state index contributed by atoms with van der Waals surface area (Å²) >= 11 is 0. The molecule has 3 aromatic rings. The van der Waals surface area contributed by atoms with Crippen LogP contribution in [0.25, 0.3) is 10.9 Å². The molecule has 1 aromatic heterocycles. The maximum atomic E-state index is 12.7. The molecule has 150 valence electrons. The number of hydrogen-bond donors (Lipinski definition) is 1. The Morgan fingerprint density at radius 1 is 1.03 bits per heavy atom. The highest BCUT2D eigenvalue weighted by atomic mass is 16.5. The van der Waals surface area contributed by atoms with Crippen LogP contribution in [0.5, 0.6) is 0 Å². The van der Waals surface area contributed by atoms with Crippen LogP contribution in [0.2, 0.25) is 0 Å². The number of ether oxygens (including phenoxy) is 1. The molecule has 0 radical (unpaired) electrons. The highest BCUT2D eigenvalue weighted by Gasteiger charge is 2.20. The van der Waals surface area contributed by atoms with E-state index in [-0.39, 0.29) is 12.5 Å². The van der Waals surface area contributed by atoms with E-state index in [1.165, 1.54) is 11.1 Å². The number of esters is 1. The summed E-state index contributed by atoms with van der Waals surface area (Å²) in [6.45, 7) is 6.08. The minimum atomic E-state index is -0.508. The summed E-state index contributed by atoms with van der Waals surface area (Å²) in [4.78, 5) is 29.4. The first-order chi connectivity index (χ1) is 14.0. The number of nitrogens with one attached hydrogen (secondary N) is 1. The first kappa shape index (κ1) is 20.5. The monoisotopic (exact) mass is 390 g/mol. The second-order valence-corrected chi connectivity index (χ2v) is 7.03. The van der Waals surface area contributed by atoms with Crippen molar-refractivity contribution < 1.29 is 14.3 Å². The zero-order chi connectivity index (χ0) is 20.8. The van der Waals surface area contributed by atoms with Gasteiger partial charge in [0.1, 0.15) is 0 Å². The number of carbonyl (C=O) groups is 2. The van der Waals surface area contributed by atoms with Crippen LogP contribution < -0.4 is 5.32 Å². The third kappa shape index (κ3) is 4.80. The Morgan fingerprint density at radius 3 is 2.52 bits per heavy atom. The van der Waals surface area contributed by atoms with Gasteiger partial charge in [0.15, 0.2) is 6.61 Å². The van der Waals surface area contributed by atoms with E-state index in [4.69, 9.17) is 4.74 Å². The smallest absolute Gasteiger partial charge is 0.340 e. The van der Waals surface area contributed by atoms with E-state index in [2.05, 4.69) is 10.3 Å². The van der Waals surface area contributed by atoms with Gasteiger partial charge in [-0.2, -0.15) is 0 Å². The lowest BCUT2D eigenvalue weighted by molar-refractivity contribution is -0.124. The molecule has 5 nitrogen and oxygen atoms in total. The van der Waals surface area contributed by atoms with E-state index >= 15 is 0 Å². The zero-order valence-electron chi connectivity index (χ0n) is 17.1. The highest BCUT2D eigenvalue weighted by Crippen LogP contribution is 2.24. The fourth-order valence-corrected chi connectivity index (χ4v) is 3.45. The fourth-order valence-electron chi connectivity index (χ4n) is 3.45. The standard InChI is InChI=1S/C24H26N2O3/c1-4-20-23(17(3)19-11-7-8-12-21(19)26-20)24(28)29-15-22(27)25-14-13-18-10-6-5-9-16(18)2/h5-12H,4,13-15H2,1-3H3,(H,25,27). The number of carbonyl (C=O) groups excluding carboxylic acids is 2. The molecule has 1 heterocycles. The van der Waals surface area contributed by atoms with E-state index in [0.29, 0.717) is 24.2 Å². The molecule has 0 unspecified atom stereocenters. The molecular weight excluding hydrogens is 364 g/mol. The van der Waals surface area contributed by atoms with Gasteiger partial charge in [-0.25, -0.2) is 4.79 Å². The van der Waals surface area contributed by atoms with Crippen molar-refractivity contribution in [2.24, 2.45) is 0 Å². The lowest BCUT2D eigenvalue weighted by Crippen LogP contribution is -2.30. The number of pyridine rings is 1. The summed E-state index contributed by atoms with van der Waals surface area (Å²) in [7, 11) is 0. The Balaban J connectivity index is 1.61. The fraction of sp³-hybridized carbons (Fsp3) is 0.292. The molecule has 0 atom stereocenters. The molecule has 1 amide bonds. The summed E-state index contributed by atoms with van der Waals surface area (Å²) < 4.78 is 5.30. The van der Waals surface area contributed by atoms with Crippen LogP contribution in [0.1, 0.15) is 39.7 Å². The van der Waals surface area contributed by atoms with Gasteiger partial charge >= 0.3 is 5.97 Å². The largest absolute Gasteiger partial charge is 0.452 e. The Labute approximate surface area is 171 Å². The van der Waals surface area contributed by atoms with Gasteiger partial charge in [-0.3, -0.25) is 9.78 Å². The molecule has 0 saturated carbocycles. The minimum absolute atomic E-state index is 0.304. The minimum Gasteiger partial charge on any atom is -0.452 e. The molecule has 29 heavy (non-hydrogen) atoms. The van der Waals surface area contributed by atoms with Crippen LogP contribution in [0.4, 0.5) is 0 Å². The number of aryl methyl sites for hydroxylation is 3. The van der Waals surface area contributed by atoms with Gasteiger partial charge in [0.25, 0.3) is 5.91 Å². The van der Waals surface area contributed by atoms with Crippen LogP contribution in [0.3, 0.4) is 0 Å². The van der Waals surface area contributed by atoms with Crippen LogP contribution >= 0.6 is 0 Å². The van der Waals surface area contributed by atoms with E-state index in [0.717, 1.165) is 22.9 Å². The normalized spacial score (nSPS) is 10.7. The average Bonchev–Trinajstić information content (AvgIpc) is 2.73. The lowest BCUT2D eigenvalue weighted by Gasteiger charge is -2.13. The number of aromatic nitrogens is 1. The van der Waals surface area contributed by atoms with E-state index < -0.39 is 5.97 Å². The molecular formula is C24H26N2O3. The molecule has 1 N–H and O–H groups in total. The van der Waals surface area contributed by atoms with Crippen molar-refractivity contribution in [1.82, 2.24) is 10.3 Å². The summed E-state index contributed by atoms with van der Waals surface area (Å²) in [5.41, 5.74) is 5.21. The third-order valence-corrected chi connectivity index (χ3v) is 5.08. The molecule has 0 aliphatic carbocycles. The highest BCUT2D eigenvalue weighted by molar-refractivity contribution is 5.99. The number of amides is 1. The average molecular weight is 390 g/mol. The molecule has 0 fully saturated rings. The maximum Gasteiger partial charge on any atom is 0.340 e. The summed E-state index contributed by atoms with van der Waals surface area (Å²) in [6, 6.07) is 15.8. The number of rotatable bonds is 7. The van der Waals surface area contributed by atoms with Gasteiger partial charge in [0.05, 0.1) is 16.8 Å². The van der Waals surface area contributed by atoms with Gasteiger partial charge in [-0.1, -0.05) is 49.4 Å². The van der Waals surface area contributed by atoms with Crippen molar-refractivity contribution in [3.8, 4) is 0 Å². The molecule has 0 aliphatic heterocycles. The first-order valence-electron chi connectivity index (χ1n) is 9.87. The van der Waals surface area contributed by atoms with E-state index in [9.17, 15) is 9.59 Å². The second kappa shape index (κ2) is 9.32. The van der Waals surface area contributed by atoms with Gasteiger partial charge in [-0.15, -0.1) is 0 Å². The van der Waals surface area contributed by atoms with Crippen molar-refractivity contribution >= 4 is 22.8 Å². The van der Waals surface area contributed by atoms with Crippen molar-refractivity contribution in [3.05, 3.63) is 76.5 Å². The van der Waals surface area contributed by atoms with Crippen LogP contribution in [-0.2, 0) is 22.4 Å². The first-order valence-corrected chi connectivity index (χ1v) is 9.87. The second-order valence-electron chi connectivity index (χ2n) is 7.03. The topological polar surface area (TPSA) is 68.3 Å². The molecule has 0 spiro atoms. The molecule has 2 aromatic carbocycles. The molecule has 0 aliphatic rings. The number of benzene rings is 2. The SMILES string of the molecule is CCc1nc2ccccc2c(C)c1C(=O)OCC(=O)NCCc1ccccc1C. The number of para-hydroxylation sites is 1. The molecule has 5 heteroatoms. The third-order valence-electron chi connectivity index (χ3n) is 5.08. The number of nitrogens with zero attached hydrogens (tertiary/aromatic N) is 1. The Morgan fingerprint density at radius 2 is 1.76 bits per heavy atom. The van der Waals surface area contributed by atoms with E-state index in [1.54, 1.807) is 0 Å². The van der Waals surface area contributed by atoms with Crippen molar-refractivity contribution in [3.63, 3.8) is 0 Å². The number of hydrogen-bond acceptors (Lipinski definition) is 4. The lowest BCUT2D eigenvalue weighted by atomic mass is 10.0. The predicted molar refractivity (Wildman–Crippen MR) is 114 cm³/mol.